The number of anilines is 2. The highest BCUT2D eigenvalue weighted by Gasteiger charge is 2.09. The fourth-order valence-corrected chi connectivity index (χ4v) is 1.39. The molecule has 2 rings (SSSR count). The van der Waals surface area contributed by atoms with Gasteiger partial charge in [0, 0.05) is 5.69 Å². The first-order valence-electron chi connectivity index (χ1n) is 5.11. The molecule has 0 saturated heterocycles. The van der Waals surface area contributed by atoms with E-state index in [1.54, 1.807) is 0 Å². The van der Waals surface area contributed by atoms with Crippen LogP contribution in [0.3, 0.4) is 0 Å². The monoisotopic (exact) mass is 228 g/mol. The number of benzene rings is 1. The van der Waals surface area contributed by atoms with E-state index in [-0.39, 0.29) is 17.4 Å². The SMILES string of the molecule is Cc1ccccc1NC(=O)c1cncc(N)n1. The molecule has 0 fully saturated rings. The van der Waals surface area contributed by atoms with E-state index in [2.05, 4.69) is 15.3 Å². The van der Waals surface area contributed by atoms with E-state index < -0.39 is 0 Å². The van der Waals surface area contributed by atoms with Crippen molar-refractivity contribution in [2.45, 2.75) is 6.92 Å². The van der Waals surface area contributed by atoms with Gasteiger partial charge in [0.25, 0.3) is 5.91 Å². The molecule has 1 heterocycles. The van der Waals surface area contributed by atoms with E-state index in [1.165, 1.54) is 12.4 Å². The maximum absolute atomic E-state index is 11.8. The summed E-state index contributed by atoms with van der Waals surface area (Å²) in [6.07, 6.45) is 2.77. The lowest BCUT2D eigenvalue weighted by atomic mass is 10.2. The minimum atomic E-state index is -0.320. The highest BCUT2D eigenvalue weighted by molar-refractivity contribution is 6.03. The summed E-state index contributed by atoms with van der Waals surface area (Å²) in [5.41, 5.74) is 7.40. The molecule has 0 saturated carbocycles. The minimum Gasteiger partial charge on any atom is -0.382 e. The first-order valence-corrected chi connectivity index (χ1v) is 5.11. The fraction of sp³-hybridized carbons (Fsp3) is 0.0833. The number of carbonyl (C=O) groups excluding carboxylic acids is 1. The Bertz CT molecular complexity index is 554. The van der Waals surface area contributed by atoms with Gasteiger partial charge in [-0.25, -0.2) is 4.98 Å². The smallest absolute Gasteiger partial charge is 0.275 e. The number of aromatic nitrogens is 2. The Balaban J connectivity index is 2.20. The first kappa shape index (κ1) is 11.1. The molecule has 0 atom stereocenters. The molecule has 1 amide bonds. The fourth-order valence-electron chi connectivity index (χ4n) is 1.39. The Morgan fingerprint density at radius 3 is 2.76 bits per heavy atom. The number of carbonyl (C=O) groups is 1. The number of hydrogen-bond donors (Lipinski definition) is 2. The molecule has 0 aliphatic rings. The molecule has 86 valence electrons. The van der Waals surface area contributed by atoms with Crippen molar-refractivity contribution >= 4 is 17.4 Å². The molecule has 0 aliphatic carbocycles. The lowest BCUT2D eigenvalue weighted by Gasteiger charge is -2.07. The Morgan fingerprint density at radius 1 is 1.29 bits per heavy atom. The third-order valence-corrected chi connectivity index (χ3v) is 2.28. The second kappa shape index (κ2) is 4.61. The van der Waals surface area contributed by atoms with E-state index in [1.807, 2.05) is 31.2 Å². The number of aryl methyl sites for hydroxylation is 1. The van der Waals surface area contributed by atoms with Gasteiger partial charge < -0.3 is 11.1 Å². The van der Waals surface area contributed by atoms with Crippen LogP contribution < -0.4 is 11.1 Å². The average molecular weight is 228 g/mol. The molecule has 0 spiro atoms. The summed E-state index contributed by atoms with van der Waals surface area (Å²) in [7, 11) is 0. The molecule has 0 unspecified atom stereocenters. The van der Waals surface area contributed by atoms with Gasteiger partial charge >= 0.3 is 0 Å². The average Bonchev–Trinajstić information content (AvgIpc) is 2.32. The molecule has 0 radical (unpaired) electrons. The highest BCUT2D eigenvalue weighted by atomic mass is 16.1. The normalized spacial score (nSPS) is 9.94. The second-order valence-corrected chi connectivity index (χ2v) is 3.60. The molecular formula is C12H12N4O. The van der Waals surface area contributed by atoms with Crippen LogP contribution in [0.25, 0.3) is 0 Å². The second-order valence-electron chi connectivity index (χ2n) is 3.60. The zero-order chi connectivity index (χ0) is 12.3. The third kappa shape index (κ3) is 2.57. The largest absolute Gasteiger partial charge is 0.382 e. The van der Waals surface area contributed by atoms with Crippen molar-refractivity contribution < 1.29 is 4.79 Å². The van der Waals surface area contributed by atoms with Crippen molar-refractivity contribution in [1.29, 1.82) is 0 Å². The predicted molar refractivity (Wildman–Crippen MR) is 65.6 cm³/mol. The van der Waals surface area contributed by atoms with Gasteiger partial charge in [-0.15, -0.1) is 0 Å². The standard InChI is InChI=1S/C12H12N4O/c1-8-4-2-3-5-9(8)16-12(17)10-6-14-7-11(13)15-10/h2-7H,1H3,(H2,13,15)(H,16,17). The zero-order valence-corrected chi connectivity index (χ0v) is 9.34. The van der Waals surface area contributed by atoms with Crippen LogP contribution in [0.5, 0.6) is 0 Å². The van der Waals surface area contributed by atoms with Crippen molar-refractivity contribution in [1.82, 2.24) is 9.97 Å². The van der Waals surface area contributed by atoms with Gasteiger partial charge in [-0.3, -0.25) is 9.78 Å². The van der Waals surface area contributed by atoms with Crippen molar-refractivity contribution in [2.75, 3.05) is 11.1 Å². The van der Waals surface area contributed by atoms with Crippen LogP contribution in [0.4, 0.5) is 11.5 Å². The van der Waals surface area contributed by atoms with Crippen LogP contribution in [0, 0.1) is 6.92 Å². The number of hydrogen-bond acceptors (Lipinski definition) is 4. The van der Waals surface area contributed by atoms with E-state index in [4.69, 9.17) is 5.73 Å². The Morgan fingerprint density at radius 2 is 2.06 bits per heavy atom. The van der Waals surface area contributed by atoms with Crippen LogP contribution >= 0.6 is 0 Å². The van der Waals surface area contributed by atoms with Crippen molar-refractivity contribution in [3.05, 3.63) is 47.9 Å². The Labute approximate surface area is 98.7 Å². The lowest BCUT2D eigenvalue weighted by molar-refractivity contribution is 0.102. The summed E-state index contributed by atoms with van der Waals surface area (Å²) in [5, 5.41) is 2.76. The number of amides is 1. The Hall–Kier alpha value is -2.43. The summed E-state index contributed by atoms with van der Waals surface area (Å²) in [6, 6.07) is 7.51. The minimum absolute atomic E-state index is 0.202. The molecule has 2 aromatic rings. The van der Waals surface area contributed by atoms with Gasteiger partial charge in [0.2, 0.25) is 0 Å². The van der Waals surface area contributed by atoms with Crippen molar-refractivity contribution in [3.63, 3.8) is 0 Å². The quantitative estimate of drug-likeness (QED) is 0.818. The number of nitrogens with zero attached hydrogens (tertiary/aromatic N) is 2. The van der Waals surface area contributed by atoms with Crippen molar-refractivity contribution in [2.24, 2.45) is 0 Å². The molecule has 0 bridgehead atoms. The summed E-state index contributed by atoms with van der Waals surface area (Å²) < 4.78 is 0. The molecule has 3 N–H and O–H groups in total. The number of nitrogens with one attached hydrogen (secondary N) is 1. The van der Waals surface area contributed by atoms with E-state index in [0.717, 1.165) is 11.3 Å². The summed E-state index contributed by atoms with van der Waals surface area (Å²) in [5.74, 6) is -0.0958. The van der Waals surface area contributed by atoms with Gasteiger partial charge in [0.05, 0.1) is 12.4 Å². The van der Waals surface area contributed by atoms with Crippen LogP contribution in [0.15, 0.2) is 36.7 Å². The third-order valence-electron chi connectivity index (χ3n) is 2.28. The molecule has 0 aliphatic heterocycles. The maximum atomic E-state index is 11.8. The lowest BCUT2D eigenvalue weighted by Crippen LogP contribution is -2.15. The molecule has 5 nitrogen and oxygen atoms in total. The molecule has 1 aromatic carbocycles. The number of nitrogen functional groups attached to an aromatic ring is 1. The topological polar surface area (TPSA) is 80.9 Å². The van der Waals surface area contributed by atoms with E-state index in [0.29, 0.717) is 0 Å². The zero-order valence-electron chi connectivity index (χ0n) is 9.34. The summed E-state index contributed by atoms with van der Waals surface area (Å²) in [4.78, 5) is 19.6. The van der Waals surface area contributed by atoms with Gasteiger partial charge in [-0.05, 0) is 18.6 Å². The van der Waals surface area contributed by atoms with Gasteiger partial charge in [-0.2, -0.15) is 0 Å². The number of rotatable bonds is 2. The maximum Gasteiger partial charge on any atom is 0.275 e. The molecule has 5 heteroatoms. The van der Waals surface area contributed by atoms with Crippen LogP contribution in [-0.4, -0.2) is 15.9 Å². The first-order chi connectivity index (χ1) is 8.16. The molecule has 17 heavy (non-hydrogen) atoms. The Kier molecular flexibility index (Phi) is 3.00. The molecular weight excluding hydrogens is 216 g/mol. The van der Waals surface area contributed by atoms with E-state index >= 15 is 0 Å². The van der Waals surface area contributed by atoms with E-state index in [9.17, 15) is 4.79 Å². The van der Waals surface area contributed by atoms with Gasteiger partial charge in [0.1, 0.15) is 11.5 Å². The van der Waals surface area contributed by atoms with Crippen LogP contribution in [-0.2, 0) is 0 Å². The summed E-state index contributed by atoms with van der Waals surface area (Å²) >= 11 is 0. The van der Waals surface area contributed by atoms with Gasteiger partial charge in [0.15, 0.2) is 0 Å². The summed E-state index contributed by atoms with van der Waals surface area (Å²) in [6.45, 7) is 1.92. The van der Waals surface area contributed by atoms with Crippen molar-refractivity contribution in [3.8, 4) is 0 Å². The highest BCUT2D eigenvalue weighted by Crippen LogP contribution is 2.14. The number of nitrogens with two attached hydrogens (primary N) is 1. The predicted octanol–water partition coefficient (Wildman–Crippen LogP) is 1.62. The van der Waals surface area contributed by atoms with Crippen LogP contribution in [0.1, 0.15) is 16.1 Å². The van der Waals surface area contributed by atoms with Gasteiger partial charge in [-0.1, -0.05) is 18.2 Å². The number of para-hydroxylation sites is 1. The van der Waals surface area contributed by atoms with Crippen LogP contribution in [0.2, 0.25) is 0 Å². The molecule has 1 aromatic heterocycles.